The van der Waals surface area contributed by atoms with E-state index in [4.69, 9.17) is 20.1 Å². The number of nitrogens with zero attached hydrogens (tertiary/aromatic N) is 2. The molecule has 0 aliphatic heterocycles. The summed E-state index contributed by atoms with van der Waals surface area (Å²) in [7, 11) is 0. The first-order valence-electron chi connectivity index (χ1n) is 7.78. The first-order valence-corrected chi connectivity index (χ1v) is 8.93. The first-order chi connectivity index (χ1) is 12.6. The number of esters is 1. The van der Waals surface area contributed by atoms with Gasteiger partial charge in [-0.25, -0.2) is 0 Å². The average molecular weight is 428 g/mol. The quantitative estimate of drug-likeness (QED) is 0.126. The highest BCUT2D eigenvalue weighted by atomic mass is 32.1. The predicted octanol–water partition coefficient (Wildman–Crippen LogP) is -2.02. The summed E-state index contributed by atoms with van der Waals surface area (Å²) in [4.78, 5) is 46.8. The smallest absolute Gasteiger partial charge is 0.320 e. The summed E-state index contributed by atoms with van der Waals surface area (Å²) in [6, 6.07) is 0. The molecule has 0 saturated carbocycles. The minimum atomic E-state index is -1.24. The van der Waals surface area contributed by atoms with E-state index in [0.29, 0.717) is 0 Å². The van der Waals surface area contributed by atoms with E-state index in [1.807, 2.05) is 0 Å². The largest absolute Gasteiger partial charge is 0.480 e. The van der Waals surface area contributed by atoms with Gasteiger partial charge in [-0.15, -0.1) is 0 Å². The molecule has 2 atom stereocenters. The van der Waals surface area contributed by atoms with Gasteiger partial charge in [-0.05, 0) is 0 Å². The van der Waals surface area contributed by atoms with Crippen LogP contribution in [0.15, 0.2) is 0 Å². The summed E-state index contributed by atoms with van der Waals surface area (Å²) in [5.41, 5.74) is 0. The van der Waals surface area contributed by atoms with Gasteiger partial charge < -0.3 is 25.2 Å². The van der Waals surface area contributed by atoms with E-state index in [2.05, 4.69) is 25.3 Å². The molecule has 0 bridgehead atoms. The number of hydrogen-bond acceptors (Lipinski definition) is 10. The van der Waals surface area contributed by atoms with Crippen molar-refractivity contribution in [3.05, 3.63) is 0 Å². The van der Waals surface area contributed by atoms with Gasteiger partial charge in [-0.2, -0.15) is 25.3 Å². The molecule has 0 saturated heterocycles. The number of aliphatic hydroxyl groups is 1. The van der Waals surface area contributed by atoms with Crippen molar-refractivity contribution in [1.29, 1.82) is 0 Å². The van der Waals surface area contributed by atoms with Crippen LogP contribution in [0.25, 0.3) is 0 Å². The van der Waals surface area contributed by atoms with Crippen LogP contribution in [0.1, 0.15) is 0 Å². The van der Waals surface area contributed by atoms with Crippen molar-refractivity contribution in [2.75, 3.05) is 51.6 Å². The Bertz CT molecular complexity index is 505. The van der Waals surface area contributed by atoms with E-state index in [1.54, 1.807) is 0 Å². The summed E-state index contributed by atoms with van der Waals surface area (Å²) in [6.07, 6.45) is -0.916. The van der Waals surface area contributed by atoms with Crippen molar-refractivity contribution in [2.24, 2.45) is 0 Å². The molecule has 27 heavy (non-hydrogen) atoms. The summed E-state index contributed by atoms with van der Waals surface area (Å²) in [5.74, 6) is -4.28. The lowest BCUT2D eigenvalue weighted by Crippen LogP contribution is -2.44. The van der Waals surface area contributed by atoms with Crippen molar-refractivity contribution < 1.29 is 44.3 Å². The van der Waals surface area contributed by atoms with Gasteiger partial charge in [-0.3, -0.25) is 29.0 Å². The second kappa shape index (κ2) is 13.6. The number of carboxylic acid groups (broad SMARTS) is 3. The molecule has 0 aromatic rings. The molecule has 0 aromatic heterocycles. The highest BCUT2D eigenvalue weighted by Crippen LogP contribution is 2.09. The van der Waals surface area contributed by atoms with Gasteiger partial charge in [0.1, 0.15) is 6.10 Å². The number of rotatable bonds is 15. The maximum atomic E-state index is 12.0. The fourth-order valence-corrected chi connectivity index (χ4v) is 2.42. The molecule has 0 fully saturated rings. The van der Waals surface area contributed by atoms with Crippen molar-refractivity contribution in [1.82, 2.24) is 9.80 Å². The van der Waals surface area contributed by atoms with Gasteiger partial charge in [0.15, 0.2) is 0 Å². The summed E-state index contributed by atoms with van der Waals surface area (Å²) < 4.78 is 5.05. The number of carboxylic acids is 3. The average Bonchev–Trinajstić information content (AvgIpc) is 2.55. The Morgan fingerprint density at radius 2 is 1.26 bits per heavy atom. The van der Waals surface area contributed by atoms with E-state index in [0.717, 1.165) is 4.90 Å². The van der Waals surface area contributed by atoms with Crippen LogP contribution in [0.2, 0.25) is 0 Å². The lowest BCUT2D eigenvalue weighted by molar-refractivity contribution is -0.153. The van der Waals surface area contributed by atoms with Crippen LogP contribution >= 0.6 is 25.3 Å². The molecule has 0 rings (SSSR count). The zero-order valence-corrected chi connectivity index (χ0v) is 16.2. The topological polar surface area (TPSA) is 165 Å². The summed E-state index contributed by atoms with van der Waals surface area (Å²) in [5, 5.41) is 35.2. The van der Waals surface area contributed by atoms with Crippen LogP contribution < -0.4 is 0 Å². The Kier molecular flexibility index (Phi) is 12.8. The molecule has 0 aliphatic rings. The van der Waals surface area contributed by atoms with Crippen molar-refractivity contribution >= 4 is 49.1 Å². The fourth-order valence-electron chi connectivity index (χ4n) is 2.03. The number of aliphatic carboxylic acids is 3. The van der Waals surface area contributed by atoms with E-state index in [1.165, 1.54) is 4.90 Å². The monoisotopic (exact) mass is 428 g/mol. The maximum Gasteiger partial charge on any atom is 0.320 e. The van der Waals surface area contributed by atoms with Gasteiger partial charge in [0.25, 0.3) is 0 Å². The van der Waals surface area contributed by atoms with Gasteiger partial charge in [0.2, 0.25) is 0 Å². The number of thiol groups is 2. The number of hydrogen-bond donors (Lipinski definition) is 6. The van der Waals surface area contributed by atoms with Gasteiger partial charge >= 0.3 is 23.9 Å². The molecule has 0 aromatic carbocycles. The highest BCUT2D eigenvalue weighted by Gasteiger charge is 2.23. The van der Waals surface area contributed by atoms with Crippen LogP contribution in [0.4, 0.5) is 0 Å². The third-order valence-electron chi connectivity index (χ3n) is 3.24. The van der Waals surface area contributed by atoms with E-state index >= 15 is 0 Å². The van der Waals surface area contributed by atoms with Crippen LogP contribution in [-0.2, 0) is 23.9 Å². The number of carbonyl (C=O) groups excluding carboxylic acids is 1. The Hall–Kier alpha value is -1.54. The van der Waals surface area contributed by atoms with Gasteiger partial charge in [-0.1, -0.05) is 0 Å². The minimum Gasteiger partial charge on any atom is -0.480 e. The number of carbonyl (C=O) groups is 4. The molecular weight excluding hydrogens is 404 g/mol. The molecule has 0 amide bonds. The highest BCUT2D eigenvalue weighted by molar-refractivity contribution is 7.84. The Balaban J connectivity index is 4.85. The number of ether oxygens (including phenoxy) is 1. The van der Waals surface area contributed by atoms with Crippen LogP contribution in [0, 0.1) is 0 Å². The first kappa shape index (κ1) is 25.5. The molecule has 11 nitrogen and oxygen atoms in total. The summed E-state index contributed by atoms with van der Waals surface area (Å²) >= 11 is 8.11. The minimum absolute atomic E-state index is 0.0807. The lowest BCUT2D eigenvalue weighted by Gasteiger charge is -2.25. The zero-order chi connectivity index (χ0) is 21.0. The molecule has 0 radical (unpaired) electrons. The normalized spacial score (nSPS) is 13.4. The van der Waals surface area contributed by atoms with Crippen molar-refractivity contribution in [3.63, 3.8) is 0 Å². The SMILES string of the molecule is O=C(O)CN(CCN(CC(=O)O)CC(=O)O[C@H](CO)[C@@H](S)CS)CC(=O)O. The second-order valence-electron chi connectivity index (χ2n) is 5.56. The Morgan fingerprint density at radius 3 is 1.59 bits per heavy atom. The van der Waals surface area contributed by atoms with Gasteiger partial charge in [0, 0.05) is 24.1 Å². The van der Waals surface area contributed by atoms with Crippen molar-refractivity contribution in [2.45, 2.75) is 11.4 Å². The molecule has 0 spiro atoms. The lowest BCUT2D eigenvalue weighted by atomic mass is 10.3. The Labute approximate surface area is 166 Å². The molecule has 13 heteroatoms. The molecule has 4 N–H and O–H groups in total. The fraction of sp³-hybridized carbons (Fsp3) is 0.714. The maximum absolute atomic E-state index is 12.0. The predicted molar refractivity (Wildman–Crippen MR) is 99.4 cm³/mol. The van der Waals surface area contributed by atoms with Crippen LogP contribution in [0.3, 0.4) is 0 Å². The standard InChI is InChI=1S/C14H24N2O9S2/c17-7-9(10(27)8-26)25-14(24)6-16(5-13(22)23)2-1-15(3-11(18)19)4-12(20)21/h9-10,17,26-27H,1-8H2,(H,18,19)(H,20,21)(H,22,23)/t9-,10+/m1/s1. The molecule has 0 aliphatic carbocycles. The molecule has 0 unspecified atom stereocenters. The van der Waals surface area contributed by atoms with Gasteiger partial charge in [0.05, 0.1) is 32.8 Å². The van der Waals surface area contributed by atoms with E-state index < -0.39 is 68.0 Å². The third kappa shape index (κ3) is 12.5. The second-order valence-corrected chi connectivity index (χ2v) is 6.59. The number of aliphatic hydroxyl groups excluding tert-OH is 1. The van der Waals surface area contributed by atoms with E-state index in [-0.39, 0.29) is 18.8 Å². The van der Waals surface area contributed by atoms with Crippen molar-refractivity contribution in [3.8, 4) is 0 Å². The molecular formula is C14H24N2O9S2. The van der Waals surface area contributed by atoms with Crippen LogP contribution in [-0.4, -0.2) is 117 Å². The third-order valence-corrected chi connectivity index (χ3v) is 4.44. The van der Waals surface area contributed by atoms with Crippen LogP contribution in [0.5, 0.6) is 0 Å². The summed E-state index contributed by atoms with van der Waals surface area (Å²) in [6.45, 7) is -2.73. The Morgan fingerprint density at radius 1 is 0.852 bits per heavy atom. The molecule has 156 valence electrons. The van der Waals surface area contributed by atoms with E-state index in [9.17, 15) is 24.3 Å². The zero-order valence-electron chi connectivity index (χ0n) is 14.4. The molecule has 0 heterocycles.